The Kier molecular flexibility index (Phi) is 2.97. The molecule has 16 heavy (non-hydrogen) atoms. The standard InChI is InChI=1S/C14H26N2/c1-10-3-4-12(7-10)15-13-8-11(2)16(9-13)14-5-6-14/h10-15H,3-9H2,1-2H3. The molecule has 3 fully saturated rings. The number of likely N-dealkylation sites (tertiary alicyclic amines) is 1. The maximum absolute atomic E-state index is 3.91. The molecule has 0 radical (unpaired) electrons. The van der Waals surface area contributed by atoms with Crippen molar-refractivity contribution in [3.05, 3.63) is 0 Å². The van der Waals surface area contributed by atoms with Crippen LogP contribution in [0.3, 0.4) is 0 Å². The van der Waals surface area contributed by atoms with Crippen molar-refractivity contribution in [1.82, 2.24) is 10.2 Å². The largest absolute Gasteiger partial charge is 0.310 e. The number of nitrogens with one attached hydrogen (secondary N) is 1. The molecule has 1 heterocycles. The summed E-state index contributed by atoms with van der Waals surface area (Å²) >= 11 is 0. The average molecular weight is 222 g/mol. The normalized spacial score (nSPS) is 45.4. The van der Waals surface area contributed by atoms with Crippen molar-refractivity contribution in [2.45, 2.75) is 76.5 Å². The lowest BCUT2D eigenvalue weighted by Gasteiger charge is -2.21. The summed E-state index contributed by atoms with van der Waals surface area (Å²) in [5.41, 5.74) is 0. The van der Waals surface area contributed by atoms with E-state index in [1.807, 2.05) is 0 Å². The summed E-state index contributed by atoms with van der Waals surface area (Å²) in [6.07, 6.45) is 8.55. The van der Waals surface area contributed by atoms with Crippen LogP contribution in [0.4, 0.5) is 0 Å². The molecule has 0 aromatic rings. The smallest absolute Gasteiger partial charge is 0.0212 e. The van der Waals surface area contributed by atoms with Crippen LogP contribution in [-0.4, -0.2) is 35.6 Å². The second kappa shape index (κ2) is 4.30. The van der Waals surface area contributed by atoms with Crippen molar-refractivity contribution in [1.29, 1.82) is 0 Å². The van der Waals surface area contributed by atoms with Crippen molar-refractivity contribution < 1.29 is 0 Å². The minimum absolute atomic E-state index is 0.783. The lowest BCUT2D eigenvalue weighted by atomic mass is 10.1. The molecule has 0 amide bonds. The molecule has 1 N–H and O–H groups in total. The molecule has 2 heteroatoms. The van der Waals surface area contributed by atoms with Crippen LogP contribution in [0.25, 0.3) is 0 Å². The zero-order valence-electron chi connectivity index (χ0n) is 10.8. The molecular weight excluding hydrogens is 196 g/mol. The first-order valence-corrected chi connectivity index (χ1v) is 7.24. The second-order valence-corrected chi connectivity index (χ2v) is 6.49. The van der Waals surface area contributed by atoms with E-state index in [0.717, 1.165) is 30.1 Å². The Bertz CT molecular complexity index is 249. The number of hydrogen-bond donors (Lipinski definition) is 1. The van der Waals surface area contributed by atoms with E-state index in [2.05, 4.69) is 24.1 Å². The van der Waals surface area contributed by atoms with E-state index in [0.29, 0.717) is 0 Å². The van der Waals surface area contributed by atoms with Crippen molar-refractivity contribution in [2.75, 3.05) is 6.54 Å². The van der Waals surface area contributed by atoms with Crippen LogP contribution in [0.2, 0.25) is 0 Å². The Morgan fingerprint density at radius 1 is 0.938 bits per heavy atom. The lowest BCUT2D eigenvalue weighted by Crippen LogP contribution is -2.39. The minimum atomic E-state index is 0.783. The second-order valence-electron chi connectivity index (χ2n) is 6.49. The van der Waals surface area contributed by atoms with Crippen molar-refractivity contribution in [2.24, 2.45) is 5.92 Å². The fourth-order valence-corrected chi connectivity index (χ4v) is 3.78. The molecule has 1 aliphatic heterocycles. The van der Waals surface area contributed by atoms with Gasteiger partial charge in [0.15, 0.2) is 0 Å². The maximum Gasteiger partial charge on any atom is 0.0212 e. The molecule has 3 rings (SSSR count). The van der Waals surface area contributed by atoms with Crippen LogP contribution in [0, 0.1) is 5.92 Å². The van der Waals surface area contributed by atoms with Gasteiger partial charge in [-0.3, -0.25) is 4.90 Å². The van der Waals surface area contributed by atoms with Gasteiger partial charge >= 0.3 is 0 Å². The van der Waals surface area contributed by atoms with Gasteiger partial charge in [-0.25, -0.2) is 0 Å². The molecular formula is C14H26N2. The average Bonchev–Trinajstić information content (AvgIpc) is 2.91. The van der Waals surface area contributed by atoms with Gasteiger partial charge in [-0.2, -0.15) is 0 Å². The number of nitrogens with zero attached hydrogens (tertiary/aromatic N) is 1. The van der Waals surface area contributed by atoms with Gasteiger partial charge in [0.2, 0.25) is 0 Å². The predicted octanol–water partition coefficient (Wildman–Crippen LogP) is 2.39. The van der Waals surface area contributed by atoms with Gasteiger partial charge in [-0.05, 0) is 51.4 Å². The first kappa shape index (κ1) is 11.0. The van der Waals surface area contributed by atoms with E-state index < -0.39 is 0 Å². The number of rotatable bonds is 3. The van der Waals surface area contributed by atoms with Crippen LogP contribution in [0.15, 0.2) is 0 Å². The van der Waals surface area contributed by atoms with Crippen LogP contribution < -0.4 is 5.32 Å². The number of hydrogen-bond acceptors (Lipinski definition) is 2. The Labute approximate surface area is 99.8 Å². The summed E-state index contributed by atoms with van der Waals surface area (Å²) in [4.78, 5) is 2.75. The van der Waals surface area contributed by atoms with Crippen LogP contribution in [-0.2, 0) is 0 Å². The van der Waals surface area contributed by atoms with Gasteiger partial charge in [0, 0.05) is 30.7 Å². The van der Waals surface area contributed by atoms with Gasteiger partial charge in [-0.15, -0.1) is 0 Å². The highest BCUT2D eigenvalue weighted by molar-refractivity contribution is 4.97. The van der Waals surface area contributed by atoms with E-state index in [-0.39, 0.29) is 0 Å². The molecule has 0 aromatic heterocycles. The molecule has 2 nitrogen and oxygen atoms in total. The van der Waals surface area contributed by atoms with Crippen molar-refractivity contribution in [3.63, 3.8) is 0 Å². The van der Waals surface area contributed by atoms with E-state index in [9.17, 15) is 0 Å². The van der Waals surface area contributed by atoms with E-state index in [1.54, 1.807) is 0 Å². The van der Waals surface area contributed by atoms with E-state index in [1.165, 1.54) is 45.1 Å². The summed E-state index contributed by atoms with van der Waals surface area (Å²) in [7, 11) is 0. The van der Waals surface area contributed by atoms with Crippen LogP contribution in [0.5, 0.6) is 0 Å². The summed E-state index contributed by atoms with van der Waals surface area (Å²) < 4.78 is 0. The van der Waals surface area contributed by atoms with E-state index >= 15 is 0 Å². The fraction of sp³-hybridized carbons (Fsp3) is 1.00. The molecule has 0 aromatic carbocycles. The zero-order valence-corrected chi connectivity index (χ0v) is 10.8. The molecule has 1 saturated heterocycles. The third kappa shape index (κ3) is 2.28. The zero-order chi connectivity index (χ0) is 11.1. The Morgan fingerprint density at radius 2 is 1.75 bits per heavy atom. The van der Waals surface area contributed by atoms with Crippen molar-refractivity contribution >= 4 is 0 Å². The minimum Gasteiger partial charge on any atom is -0.310 e. The molecule has 2 saturated carbocycles. The predicted molar refractivity (Wildman–Crippen MR) is 67.5 cm³/mol. The highest BCUT2D eigenvalue weighted by Gasteiger charge is 2.39. The van der Waals surface area contributed by atoms with Gasteiger partial charge in [0.25, 0.3) is 0 Å². The Balaban J connectivity index is 1.49. The van der Waals surface area contributed by atoms with Gasteiger partial charge in [0.05, 0.1) is 0 Å². The molecule has 92 valence electrons. The van der Waals surface area contributed by atoms with Gasteiger partial charge in [0.1, 0.15) is 0 Å². The van der Waals surface area contributed by atoms with Crippen molar-refractivity contribution in [3.8, 4) is 0 Å². The summed E-state index contributed by atoms with van der Waals surface area (Å²) in [6.45, 7) is 6.13. The summed E-state index contributed by atoms with van der Waals surface area (Å²) in [5.74, 6) is 0.955. The first-order valence-electron chi connectivity index (χ1n) is 7.24. The maximum atomic E-state index is 3.91. The fourth-order valence-electron chi connectivity index (χ4n) is 3.78. The highest BCUT2D eigenvalue weighted by Crippen LogP contribution is 2.34. The Morgan fingerprint density at radius 3 is 2.38 bits per heavy atom. The third-order valence-electron chi connectivity index (χ3n) is 4.81. The third-order valence-corrected chi connectivity index (χ3v) is 4.81. The van der Waals surface area contributed by atoms with Gasteiger partial charge in [-0.1, -0.05) is 6.92 Å². The van der Waals surface area contributed by atoms with Crippen LogP contribution >= 0.6 is 0 Å². The lowest BCUT2D eigenvalue weighted by molar-refractivity contribution is 0.253. The molecule has 4 atom stereocenters. The molecule has 4 unspecified atom stereocenters. The highest BCUT2D eigenvalue weighted by atomic mass is 15.3. The monoisotopic (exact) mass is 222 g/mol. The van der Waals surface area contributed by atoms with E-state index in [4.69, 9.17) is 0 Å². The van der Waals surface area contributed by atoms with Crippen LogP contribution in [0.1, 0.15) is 52.4 Å². The topological polar surface area (TPSA) is 15.3 Å². The molecule has 3 aliphatic rings. The quantitative estimate of drug-likeness (QED) is 0.789. The summed E-state index contributed by atoms with van der Waals surface area (Å²) in [5, 5.41) is 3.91. The SMILES string of the molecule is CC1CCC(NC2CC(C)N(C3CC3)C2)C1. The Hall–Kier alpha value is -0.0800. The molecule has 0 spiro atoms. The first-order chi connectivity index (χ1) is 7.72. The summed E-state index contributed by atoms with van der Waals surface area (Å²) in [6, 6.07) is 3.38. The van der Waals surface area contributed by atoms with Gasteiger partial charge < -0.3 is 5.32 Å². The molecule has 2 aliphatic carbocycles. The molecule has 0 bridgehead atoms.